The third-order valence-electron chi connectivity index (χ3n) is 5.07. The lowest BCUT2D eigenvalue weighted by Gasteiger charge is -2.27. The van der Waals surface area contributed by atoms with E-state index >= 15 is 0 Å². The van der Waals surface area contributed by atoms with E-state index in [-0.39, 0.29) is 12.5 Å². The summed E-state index contributed by atoms with van der Waals surface area (Å²) in [6.07, 6.45) is 7.07. The summed E-state index contributed by atoms with van der Waals surface area (Å²) in [7, 11) is 0. The van der Waals surface area contributed by atoms with E-state index < -0.39 is 11.4 Å². The topological polar surface area (TPSA) is 102 Å². The van der Waals surface area contributed by atoms with Gasteiger partial charge in [-0.1, -0.05) is 12.8 Å². The number of nitrogens with one attached hydrogen (secondary N) is 2. The van der Waals surface area contributed by atoms with Crippen molar-refractivity contribution in [3.8, 4) is 0 Å². The molecule has 2 heterocycles. The lowest BCUT2D eigenvalue weighted by atomic mass is 9.96. The van der Waals surface area contributed by atoms with Gasteiger partial charge in [-0.2, -0.15) is 5.10 Å². The molecule has 1 unspecified atom stereocenters. The molecule has 1 saturated heterocycles. The second-order valence-corrected chi connectivity index (χ2v) is 6.66. The van der Waals surface area contributed by atoms with Crippen LogP contribution in [0.4, 0.5) is 0 Å². The van der Waals surface area contributed by atoms with Crippen molar-refractivity contribution in [3.05, 3.63) is 18.0 Å². The first-order valence-corrected chi connectivity index (χ1v) is 8.44. The molecule has 7 nitrogen and oxygen atoms in total. The zero-order chi connectivity index (χ0) is 16.3. The summed E-state index contributed by atoms with van der Waals surface area (Å²) in [6, 6.07) is 1.98. The maximum Gasteiger partial charge on any atom is 0.243 e. The second kappa shape index (κ2) is 6.70. The number of hydrogen-bond acceptors (Lipinski definition) is 4. The van der Waals surface area contributed by atoms with E-state index in [1.165, 1.54) is 0 Å². The molecule has 1 atom stereocenters. The third kappa shape index (κ3) is 3.39. The highest BCUT2D eigenvalue weighted by Crippen LogP contribution is 2.29. The van der Waals surface area contributed by atoms with E-state index in [0.717, 1.165) is 44.5 Å². The van der Waals surface area contributed by atoms with Crippen LogP contribution in [0.25, 0.3) is 0 Å². The molecule has 0 spiro atoms. The summed E-state index contributed by atoms with van der Waals surface area (Å²) < 4.78 is 1.75. The Morgan fingerprint density at radius 1 is 1.39 bits per heavy atom. The lowest BCUT2D eigenvalue weighted by Crippen LogP contribution is -2.56. The number of nitrogens with zero attached hydrogens (tertiary/aromatic N) is 2. The van der Waals surface area contributed by atoms with E-state index in [2.05, 4.69) is 15.7 Å². The first-order valence-electron chi connectivity index (χ1n) is 8.44. The van der Waals surface area contributed by atoms with Gasteiger partial charge in [0.2, 0.25) is 11.8 Å². The molecule has 2 aliphatic rings. The monoisotopic (exact) mass is 319 g/mol. The predicted molar refractivity (Wildman–Crippen MR) is 85.6 cm³/mol. The number of amides is 2. The van der Waals surface area contributed by atoms with E-state index in [0.29, 0.717) is 18.8 Å². The smallest absolute Gasteiger partial charge is 0.243 e. The molecule has 23 heavy (non-hydrogen) atoms. The molecule has 2 fully saturated rings. The number of nitrogens with two attached hydrogens (primary N) is 1. The average molecular weight is 319 g/mol. The minimum Gasteiger partial charge on any atom is -0.368 e. The van der Waals surface area contributed by atoms with Crippen molar-refractivity contribution in [2.45, 2.75) is 56.5 Å². The van der Waals surface area contributed by atoms with E-state index in [4.69, 9.17) is 5.73 Å². The van der Waals surface area contributed by atoms with Crippen LogP contribution in [0.3, 0.4) is 0 Å². The summed E-state index contributed by atoms with van der Waals surface area (Å²) in [5.41, 5.74) is 5.73. The van der Waals surface area contributed by atoms with Crippen LogP contribution in [-0.4, -0.2) is 40.2 Å². The number of rotatable bonds is 5. The van der Waals surface area contributed by atoms with Crippen LogP contribution in [0.1, 0.15) is 50.1 Å². The summed E-state index contributed by atoms with van der Waals surface area (Å²) >= 11 is 0. The van der Waals surface area contributed by atoms with Crippen LogP contribution < -0.4 is 16.4 Å². The number of hydrogen-bond donors (Lipinski definition) is 3. The molecule has 0 radical (unpaired) electrons. The van der Waals surface area contributed by atoms with Gasteiger partial charge in [-0.25, -0.2) is 0 Å². The highest BCUT2D eigenvalue weighted by atomic mass is 16.2. The standard InChI is InChI=1S/C16H25N5O2/c17-15(23)16(6-1-2-7-16)20-14(22)11-21-13(5-9-19-21)12-4-3-8-18-10-12/h5,9,12,18H,1-4,6-8,10-11H2,(H2,17,23)(H,20,22). The zero-order valence-electron chi connectivity index (χ0n) is 13.4. The summed E-state index contributed by atoms with van der Waals surface area (Å²) in [6.45, 7) is 2.10. The summed E-state index contributed by atoms with van der Waals surface area (Å²) in [5.74, 6) is -0.240. The van der Waals surface area contributed by atoms with Crippen LogP contribution in [0.5, 0.6) is 0 Å². The van der Waals surface area contributed by atoms with Crippen molar-refractivity contribution >= 4 is 11.8 Å². The van der Waals surface area contributed by atoms with Crippen LogP contribution in [0, 0.1) is 0 Å². The lowest BCUT2D eigenvalue weighted by molar-refractivity contribution is -0.131. The van der Waals surface area contributed by atoms with Gasteiger partial charge in [0.25, 0.3) is 0 Å². The van der Waals surface area contributed by atoms with Crippen LogP contribution in [0.15, 0.2) is 12.3 Å². The number of carbonyl (C=O) groups is 2. The van der Waals surface area contributed by atoms with Crippen LogP contribution in [0.2, 0.25) is 0 Å². The Morgan fingerprint density at radius 2 is 2.17 bits per heavy atom. The van der Waals surface area contributed by atoms with Gasteiger partial charge in [-0.3, -0.25) is 14.3 Å². The average Bonchev–Trinajstić information content (AvgIpc) is 3.18. The van der Waals surface area contributed by atoms with Gasteiger partial charge >= 0.3 is 0 Å². The second-order valence-electron chi connectivity index (χ2n) is 6.66. The number of primary amides is 1. The highest BCUT2D eigenvalue weighted by Gasteiger charge is 2.40. The van der Waals surface area contributed by atoms with Gasteiger partial charge in [0.15, 0.2) is 0 Å². The first-order chi connectivity index (χ1) is 11.1. The fourth-order valence-electron chi connectivity index (χ4n) is 3.78. The van der Waals surface area contributed by atoms with Gasteiger partial charge < -0.3 is 16.4 Å². The predicted octanol–water partition coefficient (Wildman–Crippen LogP) is 0.264. The zero-order valence-corrected chi connectivity index (χ0v) is 13.4. The van der Waals surface area contributed by atoms with E-state index in [9.17, 15) is 9.59 Å². The van der Waals surface area contributed by atoms with Gasteiger partial charge in [-0.05, 0) is 38.3 Å². The quantitative estimate of drug-likeness (QED) is 0.724. The van der Waals surface area contributed by atoms with Gasteiger partial charge in [-0.15, -0.1) is 0 Å². The molecule has 0 bridgehead atoms. The molecule has 1 aromatic heterocycles. The Morgan fingerprint density at radius 3 is 2.83 bits per heavy atom. The molecule has 4 N–H and O–H groups in total. The van der Waals surface area contributed by atoms with Crippen molar-refractivity contribution in [2.24, 2.45) is 5.73 Å². The Hall–Kier alpha value is -1.89. The first kappa shape index (κ1) is 16.0. The normalized spacial score (nSPS) is 23.6. The molecule has 1 saturated carbocycles. The van der Waals surface area contributed by atoms with Gasteiger partial charge in [0, 0.05) is 24.4 Å². The molecule has 2 amide bonds. The summed E-state index contributed by atoms with van der Waals surface area (Å²) in [4.78, 5) is 24.2. The Kier molecular flexibility index (Phi) is 4.66. The maximum atomic E-state index is 12.4. The van der Waals surface area contributed by atoms with Gasteiger partial charge in [0.05, 0.1) is 0 Å². The molecular weight excluding hydrogens is 294 g/mol. The number of piperidine rings is 1. The van der Waals surface area contributed by atoms with Crippen LogP contribution in [-0.2, 0) is 16.1 Å². The molecular formula is C16H25N5O2. The fourth-order valence-corrected chi connectivity index (χ4v) is 3.78. The van der Waals surface area contributed by atoms with Crippen molar-refractivity contribution in [1.82, 2.24) is 20.4 Å². The molecule has 3 rings (SSSR count). The van der Waals surface area contributed by atoms with Crippen molar-refractivity contribution in [1.29, 1.82) is 0 Å². The molecule has 0 aromatic carbocycles. The summed E-state index contributed by atoms with van der Waals surface area (Å²) in [5, 5.41) is 10.5. The maximum absolute atomic E-state index is 12.4. The van der Waals surface area contributed by atoms with E-state index in [1.54, 1.807) is 10.9 Å². The SMILES string of the molecule is NC(=O)C1(NC(=O)Cn2nccc2C2CCCNC2)CCCC1. The van der Waals surface area contributed by atoms with Crippen molar-refractivity contribution in [2.75, 3.05) is 13.1 Å². The molecule has 126 valence electrons. The highest BCUT2D eigenvalue weighted by molar-refractivity contribution is 5.90. The number of carbonyl (C=O) groups excluding carboxylic acids is 2. The Balaban J connectivity index is 1.66. The molecule has 1 aliphatic carbocycles. The number of aromatic nitrogens is 2. The fraction of sp³-hybridized carbons (Fsp3) is 0.688. The van der Waals surface area contributed by atoms with Gasteiger partial charge in [0.1, 0.15) is 12.1 Å². The molecule has 1 aliphatic heterocycles. The van der Waals surface area contributed by atoms with Crippen molar-refractivity contribution in [3.63, 3.8) is 0 Å². The Bertz CT molecular complexity index is 571. The third-order valence-corrected chi connectivity index (χ3v) is 5.07. The minimum atomic E-state index is -0.864. The van der Waals surface area contributed by atoms with E-state index in [1.807, 2.05) is 6.07 Å². The minimum absolute atomic E-state index is 0.133. The Labute approximate surface area is 136 Å². The largest absolute Gasteiger partial charge is 0.368 e. The molecule has 1 aromatic rings. The molecule has 7 heteroatoms. The van der Waals surface area contributed by atoms with Crippen molar-refractivity contribution < 1.29 is 9.59 Å². The van der Waals surface area contributed by atoms with Crippen LogP contribution >= 0.6 is 0 Å².